The van der Waals surface area contributed by atoms with Crippen molar-refractivity contribution in [1.29, 1.82) is 0 Å². The third-order valence-corrected chi connectivity index (χ3v) is 4.55. The molecular weight excluding hydrogens is 282 g/mol. The Balaban J connectivity index is 1.64. The van der Waals surface area contributed by atoms with E-state index in [4.69, 9.17) is 0 Å². The first-order valence-electron chi connectivity index (χ1n) is 7.80. The van der Waals surface area contributed by atoms with Crippen molar-refractivity contribution < 1.29 is 9.59 Å². The van der Waals surface area contributed by atoms with Gasteiger partial charge in [0.1, 0.15) is 5.54 Å². The molecule has 7 nitrogen and oxygen atoms in total. The molecule has 3 amide bonds. The van der Waals surface area contributed by atoms with Crippen molar-refractivity contribution in [2.24, 2.45) is 7.05 Å². The van der Waals surface area contributed by atoms with Gasteiger partial charge in [0, 0.05) is 25.4 Å². The lowest BCUT2D eigenvalue weighted by Gasteiger charge is -2.30. The van der Waals surface area contributed by atoms with Crippen LogP contribution < -0.4 is 5.32 Å². The zero-order valence-electron chi connectivity index (χ0n) is 13.2. The van der Waals surface area contributed by atoms with E-state index in [1.807, 2.05) is 25.2 Å². The fraction of sp³-hybridized carbons (Fsp3) is 0.667. The maximum absolute atomic E-state index is 12.7. The van der Waals surface area contributed by atoms with E-state index in [9.17, 15) is 9.59 Å². The first kappa shape index (κ1) is 15.0. The van der Waals surface area contributed by atoms with Crippen molar-refractivity contribution >= 4 is 11.9 Å². The van der Waals surface area contributed by atoms with Gasteiger partial charge in [0.05, 0.1) is 12.9 Å². The Morgan fingerprint density at radius 1 is 1.32 bits per heavy atom. The van der Waals surface area contributed by atoms with E-state index in [-0.39, 0.29) is 11.9 Å². The summed E-state index contributed by atoms with van der Waals surface area (Å²) >= 11 is 0. The van der Waals surface area contributed by atoms with Gasteiger partial charge in [-0.25, -0.2) is 9.69 Å². The van der Waals surface area contributed by atoms with Gasteiger partial charge in [-0.2, -0.15) is 5.10 Å². The van der Waals surface area contributed by atoms with Crippen LogP contribution in [0.25, 0.3) is 0 Å². The normalized spacial score (nSPS) is 21.0. The zero-order chi connectivity index (χ0) is 15.7. The molecule has 0 aromatic carbocycles. The number of hydrogen-bond donors (Lipinski definition) is 1. The van der Waals surface area contributed by atoms with Crippen LogP contribution in [0.15, 0.2) is 12.4 Å². The molecule has 1 saturated heterocycles. The van der Waals surface area contributed by atoms with Gasteiger partial charge in [0.25, 0.3) is 5.91 Å². The Bertz CT molecular complexity index is 576. The van der Waals surface area contributed by atoms with Crippen molar-refractivity contribution in [3.63, 3.8) is 0 Å². The molecule has 2 heterocycles. The smallest absolute Gasteiger partial charge is 0.323 e. The second-order valence-electron chi connectivity index (χ2n) is 6.48. The predicted octanol–water partition coefficient (Wildman–Crippen LogP) is 1.06. The highest BCUT2D eigenvalue weighted by Crippen LogP contribution is 2.33. The summed E-state index contributed by atoms with van der Waals surface area (Å²) in [6.45, 7) is 0.958. The second-order valence-corrected chi connectivity index (χ2v) is 6.48. The lowest BCUT2D eigenvalue weighted by Crippen LogP contribution is -2.48. The molecule has 120 valence electrons. The van der Waals surface area contributed by atoms with Crippen LogP contribution in [0.3, 0.4) is 0 Å². The lowest BCUT2D eigenvalue weighted by atomic mass is 9.82. The van der Waals surface area contributed by atoms with Gasteiger partial charge in [0.15, 0.2) is 0 Å². The van der Waals surface area contributed by atoms with Crippen LogP contribution in [0.4, 0.5) is 4.79 Å². The van der Waals surface area contributed by atoms with Crippen molar-refractivity contribution in [1.82, 2.24) is 24.9 Å². The van der Waals surface area contributed by atoms with Gasteiger partial charge in [-0.05, 0) is 19.9 Å². The molecule has 0 radical (unpaired) electrons. The molecule has 1 spiro atoms. The van der Waals surface area contributed by atoms with E-state index in [2.05, 4.69) is 10.4 Å². The van der Waals surface area contributed by atoms with Crippen molar-refractivity contribution in [2.45, 2.75) is 44.2 Å². The Kier molecular flexibility index (Phi) is 3.90. The maximum Gasteiger partial charge on any atom is 0.326 e. The first-order valence-corrected chi connectivity index (χ1v) is 7.80. The molecule has 1 aromatic heterocycles. The highest BCUT2D eigenvalue weighted by molar-refractivity contribution is 6.07. The predicted molar refractivity (Wildman–Crippen MR) is 80.7 cm³/mol. The van der Waals surface area contributed by atoms with Crippen LogP contribution in [0.1, 0.15) is 37.7 Å². The number of urea groups is 1. The standard InChI is InChI=1S/C15H23N5O2/c1-18(9-12-8-16-19(2)10-12)11-20-13(21)15(17-14(20)22)6-4-3-5-7-15/h8,10H,3-7,9,11H2,1-2H3,(H,17,22). The quantitative estimate of drug-likeness (QED) is 0.845. The minimum Gasteiger partial charge on any atom is -0.323 e. The fourth-order valence-corrected chi connectivity index (χ4v) is 3.46. The first-order chi connectivity index (χ1) is 10.5. The monoisotopic (exact) mass is 305 g/mol. The largest absolute Gasteiger partial charge is 0.326 e. The molecule has 1 aromatic rings. The molecule has 3 rings (SSSR count). The van der Waals surface area contributed by atoms with E-state index in [1.165, 1.54) is 4.90 Å². The summed E-state index contributed by atoms with van der Waals surface area (Å²) < 4.78 is 1.74. The van der Waals surface area contributed by atoms with Gasteiger partial charge in [-0.15, -0.1) is 0 Å². The topological polar surface area (TPSA) is 70.5 Å². The van der Waals surface area contributed by atoms with Gasteiger partial charge < -0.3 is 5.32 Å². The molecule has 2 aliphatic rings. The summed E-state index contributed by atoms with van der Waals surface area (Å²) in [6.07, 6.45) is 8.42. The van der Waals surface area contributed by atoms with Crippen LogP contribution in [-0.4, -0.2) is 50.8 Å². The molecule has 0 atom stereocenters. The molecule has 1 aliphatic heterocycles. The number of rotatable bonds is 4. The second kappa shape index (κ2) is 5.72. The highest BCUT2D eigenvalue weighted by atomic mass is 16.2. The Morgan fingerprint density at radius 3 is 2.68 bits per heavy atom. The van der Waals surface area contributed by atoms with Crippen molar-refractivity contribution in [3.05, 3.63) is 18.0 Å². The van der Waals surface area contributed by atoms with Crippen LogP contribution in [0, 0.1) is 0 Å². The molecule has 22 heavy (non-hydrogen) atoms. The van der Waals surface area contributed by atoms with E-state index in [1.54, 1.807) is 10.9 Å². The summed E-state index contributed by atoms with van der Waals surface area (Å²) in [7, 11) is 3.77. The number of nitrogens with one attached hydrogen (secondary N) is 1. The molecule has 0 unspecified atom stereocenters. The number of hydrogen-bond acceptors (Lipinski definition) is 4. The summed E-state index contributed by atoms with van der Waals surface area (Å²) in [4.78, 5) is 28.2. The Morgan fingerprint density at radius 2 is 2.05 bits per heavy atom. The van der Waals surface area contributed by atoms with E-state index >= 15 is 0 Å². The number of aromatic nitrogens is 2. The third kappa shape index (κ3) is 2.72. The fourth-order valence-electron chi connectivity index (χ4n) is 3.46. The lowest BCUT2D eigenvalue weighted by molar-refractivity contribution is -0.133. The highest BCUT2D eigenvalue weighted by Gasteiger charge is 2.51. The van der Waals surface area contributed by atoms with Gasteiger partial charge in [-0.1, -0.05) is 19.3 Å². The van der Waals surface area contributed by atoms with E-state index in [0.717, 1.165) is 37.7 Å². The molecule has 1 aliphatic carbocycles. The maximum atomic E-state index is 12.7. The van der Waals surface area contributed by atoms with E-state index < -0.39 is 5.54 Å². The number of carbonyl (C=O) groups excluding carboxylic acids is 2. The summed E-state index contributed by atoms with van der Waals surface area (Å²) in [5.74, 6) is -0.0600. The number of imide groups is 1. The summed E-state index contributed by atoms with van der Waals surface area (Å²) in [5, 5.41) is 7.07. The molecule has 2 fully saturated rings. The van der Waals surface area contributed by atoms with E-state index in [0.29, 0.717) is 13.2 Å². The van der Waals surface area contributed by atoms with Crippen LogP contribution in [0.2, 0.25) is 0 Å². The van der Waals surface area contributed by atoms with Crippen molar-refractivity contribution in [3.8, 4) is 0 Å². The SMILES string of the molecule is CN(Cc1cnn(C)c1)CN1C(=O)NC2(CCCCC2)C1=O. The van der Waals surface area contributed by atoms with Gasteiger partial charge in [0.2, 0.25) is 0 Å². The molecule has 0 bridgehead atoms. The average molecular weight is 305 g/mol. The third-order valence-electron chi connectivity index (χ3n) is 4.55. The molecule has 7 heteroatoms. The molecule has 1 N–H and O–H groups in total. The minimum absolute atomic E-state index is 0.0600. The number of carbonyl (C=O) groups is 2. The zero-order valence-corrected chi connectivity index (χ0v) is 13.2. The van der Waals surface area contributed by atoms with Gasteiger partial charge >= 0.3 is 6.03 Å². The Labute approximate surface area is 130 Å². The van der Waals surface area contributed by atoms with Crippen LogP contribution in [-0.2, 0) is 18.4 Å². The number of aryl methyl sites for hydroxylation is 1. The van der Waals surface area contributed by atoms with Gasteiger partial charge in [-0.3, -0.25) is 14.4 Å². The number of nitrogens with zero attached hydrogens (tertiary/aromatic N) is 4. The van der Waals surface area contributed by atoms with Crippen LogP contribution in [0.5, 0.6) is 0 Å². The molecule has 1 saturated carbocycles. The molecular formula is C15H23N5O2. The number of amides is 3. The average Bonchev–Trinajstić information content (AvgIpc) is 2.97. The summed E-state index contributed by atoms with van der Waals surface area (Å²) in [6, 6.07) is -0.259. The van der Waals surface area contributed by atoms with Crippen molar-refractivity contribution in [2.75, 3.05) is 13.7 Å². The van der Waals surface area contributed by atoms with Crippen LogP contribution >= 0.6 is 0 Å². The minimum atomic E-state index is -0.634. The Hall–Kier alpha value is -1.89. The summed E-state index contributed by atoms with van der Waals surface area (Å²) in [5.41, 5.74) is 0.425.